The van der Waals surface area contributed by atoms with Gasteiger partial charge in [0.25, 0.3) is 0 Å². The van der Waals surface area contributed by atoms with Gasteiger partial charge in [0.15, 0.2) is 0 Å². The summed E-state index contributed by atoms with van der Waals surface area (Å²) < 4.78 is 53.9. The predicted molar refractivity (Wildman–Crippen MR) is 85.1 cm³/mol. The van der Waals surface area contributed by atoms with Crippen LogP contribution in [0.4, 0.5) is 23.4 Å². The number of aromatic nitrogens is 1. The first kappa shape index (κ1) is 18.7. The number of aromatic carboxylic acids is 1. The van der Waals surface area contributed by atoms with Crippen LogP contribution in [0.5, 0.6) is 0 Å². The first-order chi connectivity index (χ1) is 11.5. The van der Waals surface area contributed by atoms with Crippen LogP contribution in [0.2, 0.25) is 0 Å². The van der Waals surface area contributed by atoms with Crippen molar-refractivity contribution in [3.8, 4) is 11.3 Å². The molecule has 0 amide bonds. The molecule has 0 saturated carbocycles. The molecule has 1 aromatic carbocycles. The number of nitrogens with one attached hydrogen (secondary N) is 1. The van der Waals surface area contributed by atoms with E-state index in [1.54, 1.807) is 13.8 Å². The summed E-state index contributed by atoms with van der Waals surface area (Å²) >= 11 is 0. The molecule has 4 nitrogen and oxygen atoms in total. The number of rotatable bonds is 4. The number of hydrogen-bond acceptors (Lipinski definition) is 3. The molecular weight excluding hydrogens is 340 g/mol. The summed E-state index contributed by atoms with van der Waals surface area (Å²) in [5, 5.41) is 11.8. The molecule has 2 N–H and O–H groups in total. The van der Waals surface area contributed by atoms with Gasteiger partial charge in [-0.25, -0.2) is 14.2 Å². The molecule has 0 aliphatic heterocycles. The van der Waals surface area contributed by atoms with Crippen LogP contribution >= 0.6 is 0 Å². The summed E-state index contributed by atoms with van der Waals surface area (Å²) in [4.78, 5) is 15.4. The van der Waals surface area contributed by atoms with Crippen molar-refractivity contribution >= 4 is 11.8 Å². The van der Waals surface area contributed by atoms with Gasteiger partial charge in [0.2, 0.25) is 0 Å². The Kier molecular flexibility index (Phi) is 5.01. The number of carboxylic acids is 1. The van der Waals surface area contributed by atoms with E-state index in [1.165, 1.54) is 19.1 Å². The topological polar surface area (TPSA) is 62.2 Å². The highest BCUT2D eigenvalue weighted by atomic mass is 19.4. The maximum Gasteiger partial charge on any atom is 0.417 e. The fourth-order valence-electron chi connectivity index (χ4n) is 2.26. The van der Waals surface area contributed by atoms with Gasteiger partial charge in [-0.1, -0.05) is 12.1 Å². The lowest BCUT2D eigenvalue weighted by atomic mass is 10.0. The third-order valence-electron chi connectivity index (χ3n) is 3.43. The van der Waals surface area contributed by atoms with Crippen LogP contribution in [0, 0.1) is 12.7 Å². The Morgan fingerprint density at radius 1 is 1.24 bits per heavy atom. The van der Waals surface area contributed by atoms with Crippen LogP contribution in [0.15, 0.2) is 24.3 Å². The van der Waals surface area contributed by atoms with Crippen molar-refractivity contribution < 1.29 is 27.5 Å². The number of benzene rings is 1. The number of carbonyl (C=O) groups is 1. The molecule has 134 valence electrons. The fraction of sp³-hybridized carbons (Fsp3) is 0.294. The van der Waals surface area contributed by atoms with Crippen LogP contribution in [0.3, 0.4) is 0 Å². The van der Waals surface area contributed by atoms with Crippen LogP contribution in [-0.4, -0.2) is 22.1 Å². The first-order valence-electron chi connectivity index (χ1n) is 7.39. The molecule has 25 heavy (non-hydrogen) atoms. The first-order valence-corrected chi connectivity index (χ1v) is 7.39. The van der Waals surface area contributed by atoms with Gasteiger partial charge >= 0.3 is 12.1 Å². The zero-order valence-electron chi connectivity index (χ0n) is 13.7. The second kappa shape index (κ2) is 6.70. The highest BCUT2D eigenvalue weighted by Gasteiger charge is 2.38. The highest BCUT2D eigenvalue weighted by Crippen LogP contribution is 2.37. The maximum absolute atomic E-state index is 13.8. The van der Waals surface area contributed by atoms with Gasteiger partial charge < -0.3 is 10.4 Å². The number of carboxylic acid groups (broad SMARTS) is 1. The van der Waals surface area contributed by atoms with E-state index in [0.717, 1.165) is 6.07 Å². The minimum Gasteiger partial charge on any atom is -0.478 e. The number of pyridine rings is 1. The van der Waals surface area contributed by atoms with E-state index < -0.39 is 34.9 Å². The Hall–Kier alpha value is -2.64. The minimum absolute atomic E-state index is 0.123. The number of halogens is 4. The number of aryl methyl sites for hydroxylation is 1. The van der Waals surface area contributed by atoms with Gasteiger partial charge in [-0.15, -0.1) is 0 Å². The molecule has 0 aliphatic rings. The van der Waals surface area contributed by atoms with E-state index >= 15 is 0 Å². The number of anilines is 1. The average Bonchev–Trinajstić information content (AvgIpc) is 2.47. The third kappa shape index (κ3) is 4.07. The lowest BCUT2D eigenvalue weighted by Crippen LogP contribution is -2.20. The standard InChI is InChI=1S/C17H16F4N2O2/c1-8(2)22-15-14(16(24)25)11(17(19,20)21)7-13(23-15)10-5-4-9(3)12(18)6-10/h4-8H,1-3H3,(H,22,23)(H,24,25). The molecule has 0 aliphatic carbocycles. The lowest BCUT2D eigenvalue weighted by Gasteiger charge is -2.18. The second-order valence-electron chi connectivity index (χ2n) is 5.84. The Balaban J connectivity index is 2.77. The van der Waals surface area contributed by atoms with E-state index in [1.807, 2.05) is 0 Å². The Morgan fingerprint density at radius 2 is 1.88 bits per heavy atom. The molecule has 1 aromatic heterocycles. The molecule has 0 atom stereocenters. The van der Waals surface area contributed by atoms with E-state index in [9.17, 15) is 27.5 Å². The largest absolute Gasteiger partial charge is 0.478 e. The fourth-order valence-corrected chi connectivity index (χ4v) is 2.26. The molecule has 0 unspecified atom stereocenters. The predicted octanol–water partition coefficient (Wildman–Crippen LogP) is 4.73. The summed E-state index contributed by atoms with van der Waals surface area (Å²) in [5.74, 6) is -2.74. The summed E-state index contributed by atoms with van der Waals surface area (Å²) in [5.41, 5.74) is -2.01. The molecule has 1 heterocycles. The van der Waals surface area contributed by atoms with Gasteiger partial charge in [-0.2, -0.15) is 13.2 Å². The number of hydrogen-bond donors (Lipinski definition) is 2. The van der Waals surface area contributed by atoms with Gasteiger partial charge in [0.05, 0.1) is 11.3 Å². The second-order valence-corrected chi connectivity index (χ2v) is 5.84. The minimum atomic E-state index is -4.90. The van der Waals surface area contributed by atoms with Crippen molar-refractivity contribution in [2.45, 2.75) is 33.0 Å². The molecule has 0 fully saturated rings. The summed E-state index contributed by atoms with van der Waals surface area (Å²) in [7, 11) is 0. The van der Waals surface area contributed by atoms with E-state index in [4.69, 9.17) is 0 Å². The van der Waals surface area contributed by atoms with Crippen LogP contribution in [-0.2, 0) is 6.18 Å². The summed E-state index contributed by atoms with van der Waals surface area (Å²) in [6.45, 7) is 4.80. The molecule has 0 radical (unpaired) electrons. The van der Waals surface area contributed by atoms with Gasteiger partial charge in [0.1, 0.15) is 17.2 Å². The van der Waals surface area contributed by atoms with Crippen LogP contribution in [0.1, 0.15) is 35.3 Å². The van der Waals surface area contributed by atoms with Crippen molar-refractivity contribution in [2.24, 2.45) is 0 Å². The van der Waals surface area contributed by atoms with E-state index in [0.29, 0.717) is 11.6 Å². The van der Waals surface area contributed by atoms with Crippen molar-refractivity contribution in [1.29, 1.82) is 0 Å². The normalized spacial score (nSPS) is 11.7. The van der Waals surface area contributed by atoms with Gasteiger partial charge in [-0.3, -0.25) is 0 Å². The maximum atomic E-state index is 13.8. The molecule has 0 bridgehead atoms. The SMILES string of the molecule is Cc1ccc(-c2cc(C(F)(F)F)c(C(=O)O)c(NC(C)C)n2)cc1F. The van der Waals surface area contributed by atoms with Crippen molar-refractivity contribution in [3.05, 3.63) is 46.8 Å². The smallest absolute Gasteiger partial charge is 0.417 e. The monoisotopic (exact) mass is 356 g/mol. The van der Waals surface area contributed by atoms with Crippen LogP contribution in [0.25, 0.3) is 11.3 Å². The molecule has 2 rings (SSSR count). The van der Waals surface area contributed by atoms with E-state index in [2.05, 4.69) is 10.3 Å². The van der Waals surface area contributed by atoms with Gasteiger partial charge in [0, 0.05) is 11.6 Å². The summed E-state index contributed by atoms with van der Waals surface area (Å²) in [6, 6.07) is 4.19. The average molecular weight is 356 g/mol. The van der Waals surface area contributed by atoms with Crippen LogP contribution < -0.4 is 5.32 Å². The highest BCUT2D eigenvalue weighted by molar-refractivity contribution is 5.96. The lowest BCUT2D eigenvalue weighted by molar-refractivity contribution is -0.138. The zero-order valence-corrected chi connectivity index (χ0v) is 13.7. The number of nitrogens with zero attached hydrogens (tertiary/aromatic N) is 1. The molecule has 0 saturated heterocycles. The Morgan fingerprint density at radius 3 is 2.36 bits per heavy atom. The van der Waals surface area contributed by atoms with Gasteiger partial charge in [-0.05, 0) is 38.5 Å². The molecule has 2 aromatic rings. The summed E-state index contributed by atoms with van der Waals surface area (Å²) in [6.07, 6.45) is -4.90. The van der Waals surface area contributed by atoms with E-state index in [-0.39, 0.29) is 17.3 Å². The molecular formula is C17H16F4N2O2. The zero-order chi connectivity index (χ0) is 18.9. The number of alkyl halides is 3. The molecule has 8 heteroatoms. The van der Waals surface area contributed by atoms with Crippen molar-refractivity contribution in [1.82, 2.24) is 4.98 Å². The van der Waals surface area contributed by atoms with Crippen molar-refractivity contribution in [2.75, 3.05) is 5.32 Å². The molecule has 0 spiro atoms. The Bertz CT molecular complexity index is 817. The Labute approximate surface area is 141 Å². The third-order valence-corrected chi connectivity index (χ3v) is 3.43. The quantitative estimate of drug-likeness (QED) is 0.777. The van der Waals surface area contributed by atoms with Crippen molar-refractivity contribution in [3.63, 3.8) is 0 Å².